The summed E-state index contributed by atoms with van der Waals surface area (Å²) in [5.74, 6) is 6.93. The van der Waals surface area contributed by atoms with Crippen molar-refractivity contribution in [2.75, 3.05) is 0 Å². The lowest BCUT2D eigenvalue weighted by Crippen LogP contribution is -1.92. The van der Waals surface area contributed by atoms with Crippen LogP contribution in [0.2, 0.25) is 0 Å². The van der Waals surface area contributed by atoms with Gasteiger partial charge in [-0.15, -0.1) is 11.8 Å². The minimum atomic E-state index is -0.592. The largest absolute Gasteiger partial charge is 0.464 e. The van der Waals surface area contributed by atoms with Crippen LogP contribution < -0.4 is 0 Å². The number of aliphatic hydroxyl groups excluding tert-OH is 1. The number of aliphatic hydroxyl groups is 1. The van der Waals surface area contributed by atoms with Gasteiger partial charge in [0.2, 0.25) is 0 Å². The summed E-state index contributed by atoms with van der Waals surface area (Å²) in [4.78, 5) is 0. The van der Waals surface area contributed by atoms with Crippen molar-refractivity contribution in [2.45, 2.75) is 26.4 Å². The second-order valence-corrected chi connectivity index (χ2v) is 2.60. The number of hydrogen-bond acceptors (Lipinski definition) is 2. The normalized spacial score (nSPS) is 11.9. The maximum absolute atomic E-state index is 9.47. The standard InChI is InChI=1S/C10H12O2/c1-3-4-5-9(11)10-7-6-8(2)12-10/h6-7,9,11H,5H2,1-2H3. The molecular formula is C10H12O2. The van der Waals surface area contributed by atoms with Crippen LogP contribution in [0.25, 0.3) is 0 Å². The Morgan fingerprint density at radius 2 is 2.33 bits per heavy atom. The molecule has 12 heavy (non-hydrogen) atoms. The number of furan rings is 1. The predicted octanol–water partition coefficient (Wildman–Crippen LogP) is 2.03. The summed E-state index contributed by atoms with van der Waals surface area (Å²) in [5, 5.41) is 9.47. The Hall–Kier alpha value is -1.20. The summed E-state index contributed by atoms with van der Waals surface area (Å²) in [7, 11) is 0. The molecule has 0 bridgehead atoms. The van der Waals surface area contributed by atoms with Gasteiger partial charge >= 0.3 is 0 Å². The average Bonchev–Trinajstić information content (AvgIpc) is 2.47. The maximum atomic E-state index is 9.47. The molecule has 1 heterocycles. The molecule has 0 aliphatic rings. The SMILES string of the molecule is CC#CCC(O)c1ccc(C)o1. The van der Waals surface area contributed by atoms with Gasteiger partial charge in [0.25, 0.3) is 0 Å². The second-order valence-electron chi connectivity index (χ2n) is 2.60. The number of rotatable bonds is 2. The molecule has 0 saturated carbocycles. The zero-order valence-corrected chi connectivity index (χ0v) is 7.29. The fourth-order valence-corrected chi connectivity index (χ4v) is 0.932. The van der Waals surface area contributed by atoms with Crippen molar-refractivity contribution in [3.63, 3.8) is 0 Å². The number of hydrogen-bond donors (Lipinski definition) is 1. The third-order valence-corrected chi connectivity index (χ3v) is 1.56. The molecule has 1 aromatic heterocycles. The minimum Gasteiger partial charge on any atom is -0.464 e. The number of aryl methyl sites for hydroxylation is 1. The van der Waals surface area contributed by atoms with E-state index in [1.807, 2.05) is 13.0 Å². The van der Waals surface area contributed by atoms with Crippen LogP contribution in [0, 0.1) is 18.8 Å². The van der Waals surface area contributed by atoms with E-state index >= 15 is 0 Å². The molecular weight excluding hydrogens is 152 g/mol. The van der Waals surface area contributed by atoms with Crippen molar-refractivity contribution >= 4 is 0 Å². The first-order chi connectivity index (χ1) is 5.74. The Kier molecular flexibility index (Phi) is 2.95. The zero-order valence-electron chi connectivity index (χ0n) is 7.29. The summed E-state index contributed by atoms with van der Waals surface area (Å²) in [5.41, 5.74) is 0. The molecule has 0 radical (unpaired) electrons. The predicted molar refractivity (Wildman–Crippen MR) is 46.5 cm³/mol. The van der Waals surface area contributed by atoms with Crippen molar-refractivity contribution in [3.05, 3.63) is 23.7 Å². The van der Waals surface area contributed by atoms with Gasteiger partial charge < -0.3 is 9.52 Å². The van der Waals surface area contributed by atoms with Crippen molar-refractivity contribution < 1.29 is 9.52 Å². The van der Waals surface area contributed by atoms with E-state index in [1.54, 1.807) is 13.0 Å². The van der Waals surface area contributed by atoms with Crippen LogP contribution in [0.15, 0.2) is 16.5 Å². The van der Waals surface area contributed by atoms with Crippen LogP contribution >= 0.6 is 0 Å². The van der Waals surface area contributed by atoms with E-state index in [1.165, 1.54) is 0 Å². The van der Waals surface area contributed by atoms with Gasteiger partial charge in [0.15, 0.2) is 0 Å². The summed E-state index contributed by atoms with van der Waals surface area (Å²) in [6.45, 7) is 3.60. The van der Waals surface area contributed by atoms with Gasteiger partial charge in [-0.1, -0.05) is 0 Å². The van der Waals surface area contributed by atoms with Crippen LogP contribution in [0.1, 0.15) is 31.0 Å². The molecule has 1 unspecified atom stereocenters. The molecule has 0 fully saturated rings. The smallest absolute Gasteiger partial charge is 0.133 e. The fourth-order valence-electron chi connectivity index (χ4n) is 0.932. The zero-order chi connectivity index (χ0) is 8.97. The van der Waals surface area contributed by atoms with E-state index in [4.69, 9.17) is 4.42 Å². The molecule has 2 heteroatoms. The van der Waals surface area contributed by atoms with Crippen LogP contribution in [0.3, 0.4) is 0 Å². The summed E-state index contributed by atoms with van der Waals surface area (Å²) in [6, 6.07) is 3.61. The van der Waals surface area contributed by atoms with Gasteiger partial charge in [0, 0.05) is 6.42 Å². The van der Waals surface area contributed by atoms with Crippen molar-refractivity contribution in [1.29, 1.82) is 0 Å². The highest BCUT2D eigenvalue weighted by Gasteiger charge is 2.08. The van der Waals surface area contributed by atoms with Gasteiger partial charge in [-0.25, -0.2) is 0 Å². The Morgan fingerprint density at radius 1 is 1.58 bits per heavy atom. The summed E-state index contributed by atoms with van der Waals surface area (Å²) < 4.78 is 5.22. The Bertz CT molecular complexity index is 301. The molecule has 1 rings (SSSR count). The van der Waals surface area contributed by atoms with E-state index < -0.39 is 6.10 Å². The monoisotopic (exact) mass is 164 g/mol. The van der Waals surface area contributed by atoms with E-state index in [9.17, 15) is 5.11 Å². The average molecular weight is 164 g/mol. The lowest BCUT2D eigenvalue weighted by atomic mass is 10.2. The second kappa shape index (κ2) is 3.99. The molecule has 0 spiro atoms. The fraction of sp³-hybridized carbons (Fsp3) is 0.400. The molecule has 1 atom stereocenters. The van der Waals surface area contributed by atoms with Crippen LogP contribution in [0.4, 0.5) is 0 Å². The van der Waals surface area contributed by atoms with E-state index in [-0.39, 0.29) is 0 Å². The van der Waals surface area contributed by atoms with Gasteiger partial charge in [-0.3, -0.25) is 0 Å². The van der Waals surface area contributed by atoms with Crippen LogP contribution in [-0.4, -0.2) is 5.11 Å². The molecule has 1 aromatic rings. The molecule has 0 aliphatic carbocycles. The molecule has 0 saturated heterocycles. The molecule has 0 amide bonds. The lowest BCUT2D eigenvalue weighted by Gasteiger charge is -2.01. The van der Waals surface area contributed by atoms with Gasteiger partial charge in [-0.2, -0.15) is 0 Å². The minimum absolute atomic E-state index is 0.434. The summed E-state index contributed by atoms with van der Waals surface area (Å²) >= 11 is 0. The summed E-state index contributed by atoms with van der Waals surface area (Å²) in [6.07, 6.45) is -0.158. The van der Waals surface area contributed by atoms with E-state index in [0.29, 0.717) is 12.2 Å². The quantitative estimate of drug-likeness (QED) is 0.678. The van der Waals surface area contributed by atoms with Crippen molar-refractivity contribution in [1.82, 2.24) is 0 Å². The highest BCUT2D eigenvalue weighted by Crippen LogP contribution is 2.18. The first-order valence-corrected chi connectivity index (χ1v) is 3.88. The first kappa shape index (κ1) is 8.89. The van der Waals surface area contributed by atoms with Crippen molar-refractivity contribution in [3.8, 4) is 11.8 Å². The Morgan fingerprint density at radius 3 is 2.83 bits per heavy atom. The highest BCUT2D eigenvalue weighted by molar-refractivity contribution is 5.10. The van der Waals surface area contributed by atoms with Crippen LogP contribution in [0.5, 0.6) is 0 Å². The lowest BCUT2D eigenvalue weighted by molar-refractivity contribution is 0.154. The molecule has 64 valence electrons. The maximum Gasteiger partial charge on any atom is 0.133 e. The topological polar surface area (TPSA) is 33.4 Å². The van der Waals surface area contributed by atoms with Crippen LogP contribution in [-0.2, 0) is 0 Å². The van der Waals surface area contributed by atoms with Gasteiger partial charge in [0.1, 0.15) is 17.6 Å². The molecule has 1 N–H and O–H groups in total. The van der Waals surface area contributed by atoms with Gasteiger partial charge in [-0.05, 0) is 26.0 Å². The van der Waals surface area contributed by atoms with E-state index in [2.05, 4.69) is 11.8 Å². The molecule has 0 aromatic carbocycles. The Labute approximate surface area is 72.2 Å². The van der Waals surface area contributed by atoms with E-state index in [0.717, 1.165) is 5.76 Å². The highest BCUT2D eigenvalue weighted by atomic mass is 16.4. The third-order valence-electron chi connectivity index (χ3n) is 1.56. The Balaban J connectivity index is 2.62. The first-order valence-electron chi connectivity index (χ1n) is 3.88. The third kappa shape index (κ3) is 2.14. The van der Waals surface area contributed by atoms with Gasteiger partial charge in [0.05, 0.1) is 0 Å². The molecule has 2 nitrogen and oxygen atoms in total. The van der Waals surface area contributed by atoms with Crippen molar-refractivity contribution in [2.24, 2.45) is 0 Å². The molecule has 0 aliphatic heterocycles.